The Labute approximate surface area is 146 Å². The molecule has 2 aromatic carbocycles. The number of hydrogen-bond acceptors (Lipinski definition) is 5. The molecule has 0 unspecified atom stereocenters. The number of carbonyl (C=O) groups excluding carboxylic acids is 1. The molecule has 7 heteroatoms. The van der Waals surface area contributed by atoms with Crippen LogP contribution in [0.15, 0.2) is 53.5 Å². The number of benzene rings is 2. The molecular weight excluding hydrogens is 336 g/mol. The number of rotatable bonds is 3. The Kier molecular flexibility index (Phi) is 3.77. The van der Waals surface area contributed by atoms with E-state index in [1.165, 1.54) is 11.3 Å². The largest absolute Gasteiger partial charge is 0.300 e. The van der Waals surface area contributed by atoms with Crippen LogP contribution in [0, 0.1) is 6.92 Å². The molecule has 0 saturated heterocycles. The minimum Gasteiger partial charge on any atom is -0.300 e. The highest BCUT2D eigenvalue weighted by Gasteiger charge is 2.11. The van der Waals surface area contributed by atoms with Gasteiger partial charge < -0.3 is 5.32 Å². The molecular formula is C18H14N4O2S. The van der Waals surface area contributed by atoms with Crippen LogP contribution in [0.3, 0.4) is 0 Å². The van der Waals surface area contributed by atoms with E-state index in [-0.39, 0.29) is 18.0 Å². The summed E-state index contributed by atoms with van der Waals surface area (Å²) in [6.45, 7) is 1.86. The first-order chi connectivity index (χ1) is 12.1. The molecule has 0 radical (unpaired) electrons. The van der Waals surface area contributed by atoms with Crippen molar-refractivity contribution in [1.29, 1.82) is 0 Å². The summed E-state index contributed by atoms with van der Waals surface area (Å²) in [6, 6.07) is 13.1. The summed E-state index contributed by atoms with van der Waals surface area (Å²) in [4.78, 5) is 29.1. The van der Waals surface area contributed by atoms with E-state index < -0.39 is 0 Å². The fourth-order valence-electron chi connectivity index (χ4n) is 2.62. The summed E-state index contributed by atoms with van der Waals surface area (Å²) in [7, 11) is 0. The Balaban J connectivity index is 1.57. The van der Waals surface area contributed by atoms with Crippen LogP contribution >= 0.6 is 11.3 Å². The Morgan fingerprint density at radius 3 is 2.96 bits per heavy atom. The highest BCUT2D eigenvalue weighted by Crippen LogP contribution is 2.26. The lowest BCUT2D eigenvalue weighted by atomic mass is 10.2. The molecule has 124 valence electrons. The number of nitrogens with zero attached hydrogens (tertiary/aromatic N) is 3. The van der Waals surface area contributed by atoms with E-state index >= 15 is 0 Å². The number of nitrogens with one attached hydrogen (secondary N) is 1. The van der Waals surface area contributed by atoms with Gasteiger partial charge in [-0.15, -0.1) is 0 Å². The molecule has 6 nitrogen and oxygen atoms in total. The molecule has 1 amide bonds. The molecule has 25 heavy (non-hydrogen) atoms. The first-order valence-electron chi connectivity index (χ1n) is 7.72. The normalized spacial score (nSPS) is 11.1. The predicted octanol–water partition coefficient (Wildman–Crippen LogP) is 2.95. The average Bonchev–Trinajstić information content (AvgIpc) is 2.98. The fraction of sp³-hybridized carbons (Fsp3) is 0.111. The van der Waals surface area contributed by atoms with Crippen molar-refractivity contribution in [3.63, 3.8) is 0 Å². The van der Waals surface area contributed by atoms with Gasteiger partial charge in [-0.3, -0.25) is 9.59 Å². The van der Waals surface area contributed by atoms with Gasteiger partial charge in [0.1, 0.15) is 6.54 Å². The van der Waals surface area contributed by atoms with Crippen LogP contribution in [0.5, 0.6) is 0 Å². The smallest absolute Gasteiger partial charge is 0.275 e. The molecule has 0 aliphatic heterocycles. The van der Waals surface area contributed by atoms with Crippen LogP contribution in [0.1, 0.15) is 5.56 Å². The number of amides is 1. The summed E-state index contributed by atoms with van der Waals surface area (Å²) in [5.74, 6) is -0.333. The third-order valence-corrected chi connectivity index (χ3v) is 4.78. The zero-order valence-electron chi connectivity index (χ0n) is 13.4. The van der Waals surface area contributed by atoms with Crippen molar-refractivity contribution in [2.24, 2.45) is 0 Å². The van der Waals surface area contributed by atoms with Gasteiger partial charge in [0.25, 0.3) is 5.56 Å². The topological polar surface area (TPSA) is 76.9 Å². The molecule has 2 heterocycles. The molecule has 0 saturated carbocycles. The van der Waals surface area contributed by atoms with Gasteiger partial charge in [0, 0.05) is 5.39 Å². The van der Waals surface area contributed by atoms with Crippen molar-refractivity contribution in [2.45, 2.75) is 13.5 Å². The summed E-state index contributed by atoms with van der Waals surface area (Å²) in [6.07, 6.45) is 1.59. The summed E-state index contributed by atoms with van der Waals surface area (Å²) in [5, 5.41) is 8.62. The van der Waals surface area contributed by atoms with E-state index in [0.29, 0.717) is 10.5 Å². The maximum absolute atomic E-state index is 12.4. The number of aryl methyl sites for hydroxylation is 1. The SMILES string of the molecule is Cc1ccc2nc(NC(=O)Cn3ncc4ccccc4c3=O)sc2c1. The molecule has 2 aromatic heterocycles. The molecule has 0 spiro atoms. The van der Waals surface area contributed by atoms with Crippen molar-refractivity contribution in [2.75, 3.05) is 5.32 Å². The van der Waals surface area contributed by atoms with Crippen LogP contribution in [-0.4, -0.2) is 20.7 Å². The van der Waals surface area contributed by atoms with E-state index in [1.807, 2.05) is 37.3 Å². The van der Waals surface area contributed by atoms with Gasteiger partial charge >= 0.3 is 0 Å². The van der Waals surface area contributed by atoms with Crippen molar-refractivity contribution in [1.82, 2.24) is 14.8 Å². The van der Waals surface area contributed by atoms with Crippen molar-refractivity contribution < 1.29 is 4.79 Å². The lowest BCUT2D eigenvalue weighted by molar-refractivity contribution is -0.117. The lowest BCUT2D eigenvalue weighted by Gasteiger charge is -2.05. The molecule has 0 aliphatic carbocycles. The number of hydrogen-bond donors (Lipinski definition) is 1. The molecule has 0 fully saturated rings. The molecule has 0 atom stereocenters. The maximum atomic E-state index is 12.4. The van der Waals surface area contributed by atoms with Gasteiger partial charge in [-0.2, -0.15) is 5.10 Å². The molecule has 4 rings (SSSR count). The van der Waals surface area contributed by atoms with Crippen LogP contribution in [0.25, 0.3) is 21.0 Å². The van der Waals surface area contributed by atoms with Gasteiger partial charge in [0.15, 0.2) is 5.13 Å². The Hall–Kier alpha value is -3.06. The van der Waals surface area contributed by atoms with Crippen LogP contribution in [0.4, 0.5) is 5.13 Å². The van der Waals surface area contributed by atoms with Gasteiger partial charge in [-0.05, 0) is 30.7 Å². The van der Waals surface area contributed by atoms with Gasteiger partial charge in [-0.25, -0.2) is 9.67 Å². The fourth-order valence-corrected chi connectivity index (χ4v) is 3.60. The standard InChI is InChI=1S/C18H14N4O2S/c1-11-6-7-14-15(8-11)25-18(20-14)21-16(23)10-22-17(24)13-5-3-2-4-12(13)9-19-22/h2-9H,10H2,1H3,(H,20,21,23). The second kappa shape index (κ2) is 6.10. The monoisotopic (exact) mass is 350 g/mol. The molecule has 1 N–H and O–H groups in total. The van der Waals surface area contributed by atoms with E-state index in [1.54, 1.807) is 18.3 Å². The number of thiazole rings is 1. The van der Waals surface area contributed by atoms with Crippen molar-refractivity contribution in [3.8, 4) is 0 Å². The summed E-state index contributed by atoms with van der Waals surface area (Å²) in [5.41, 5.74) is 1.70. The summed E-state index contributed by atoms with van der Waals surface area (Å²) >= 11 is 1.41. The first-order valence-corrected chi connectivity index (χ1v) is 8.54. The van der Waals surface area contributed by atoms with E-state index in [4.69, 9.17) is 0 Å². The highest BCUT2D eigenvalue weighted by atomic mass is 32.1. The maximum Gasteiger partial charge on any atom is 0.275 e. The van der Waals surface area contributed by atoms with Crippen LogP contribution < -0.4 is 10.9 Å². The second-order valence-corrected chi connectivity index (χ2v) is 6.76. The molecule has 0 bridgehead atoms. The number of aromatic nitrogens is 3. The Morgan fingerprint density at radius 2 is 2.08 bits per heavy atom. The van der Waals surface area contributed by atoms with E-state index in [0.717, 1.165) is 25.8 Å². The minimum absolute atomic E-state index is 0.154. The Bertz CT molecular complexity index is 1160. The van der Waals surface area contributed by atoms with Gasteiger partial charge in [-0.1, -0.05) is 35.6 Å². The van der Waals surface area contributed by atoms with Crippen molar-refractivity contribution >= 4 is 43.4 Å². The number of anilines is 1. The van der Waals surface area contributed by atoms with Gasteiger partial charge in [0.2, 0.25) is 5.91 Å². The lowest BCUT2D eigenvalue weighted by Crippen LogP contribution is -2.29. The molecule has 0 aliphatic rings. The zero-order chi connectivity index (χ0) is 17.4. The first kappa shape index (κ1) is 15.5. The van der Waals surface area contributed by atoms with Crippen LogP contribution in [-0.2, 0) is 11.3 Å². The third-order valence-electron chi connectivity index (χ3n) is 3.85. The highest BCUT2D eigenvalue weighted by molar-refractivity contribution is 7.22. The number of fused-ring (bicyclic) bond motifs is 2. The average molecular weight is 350 g/mol. The number of carbonyl (C=O) groups is 1. The molecule has 4 aromatic rings. The van der Waals surface area contributed by atoms with Crippen molar-refractivity contribution in [3.05, 3.63) is 64.6 Å². The van der Waals surface area contributed by atoms with E-state index in [2.05, 4.69) is 15.4 Å². The van der Waals surface area contributed by atoms with Gasteiger partial charge in [0.05, 0.1) is 21.8 Å². The summed E-state index contributed by atoms with van der Waals surface area (Å²) < 4.78 is 2.17. The second-order valence-electron chi connectivity index (χ2n) is 5.73. The Morgan fingerprint density at radius 1 is 1.24 bits per heavy atom. The van der Waals surface area contributed by atoms with Crippen LogP contribution in [0.2, 0.25) is 0 Å². The van der Waals surface area contributed by atoms with E-state index in [9.17, 15) is 9.59 Å². The minimum atomic E-state index is -0.333. The quantitative estimate of drug-likeness (QED) is 0.616. The predicted molar refractivity (Wildman–Crippen MR) is 99.0 cm³/mol. The zero-order valence-corrected chi connectivity index (χ0v) is 14.2. The third kappa shape index (κ3) is 3.01.